The van der Waals surface area contributed by atoms with E-state index in [0.29, 0.717) is 5.52 Å². The average Bonchev–Trinajstić information content (AvgIpc) is 2.54. The summed E-state index contributed by atoms with van der Waals surface area (Å²) < 4.78 is 33.2. The SMILES string of the molecule is Cn1c(=O)oc2cc(S(=O)(=O)OI)ccc21. The molecule has 16 heavy (non-hydrogen) atoms. The number of fused-ring (bicyclic) bond motifs is 1. The molecule has 0 aliphatic heterocycles. The fourth-order valence-electron chi connectivity index (χ4n) is 1.31. The zero-order valence-electron chi connectivity index (χ0n) is 8.01. The highest BCUT2D eigenvalue weighted by molar-refractivity contribution is 14.1. The summed E-state index contributed by atoms with van der Waals surface area (Å²) in [5, 5.41) is 0. The maximum absolute atomic E-state index is 11.4. The predicted octanol–water partition coefficient (Wildman–Crippen LogP) is 1.19. The second-order valence-electron chi connectivity index (χ2n) is 3.07. The van der Waals surface area contributed by atoms with E-state index < -0.39 is 15.9 Å². The molecule has 0 aliphatic carbocycles. The largest absolute Gasteiger partial charge is 0.419 e. The summed E-state index contributed by atoms with van der Waals surface area (Å²) in [5.41, 5.74) is 0.736. The molecule has 0 fully saturated rings. The lowest BCUT2D eigenvalue weighted by Crippen LogP contribution is -2.08. The number of benzene rings is 1. The van der Waals surface area contributed by atoms with E-state index in [1.54, 1.807) is 0 Å². The topological polar surface area (TPSA) is 78.5 Å². The summed E-state index contributed by atoms with van der Waals surface area (Å²) >= 11 is 1.28. The van der Waals surface area contributed by atoms with Crippen LogP contribution in [0.2, 0.25) is 0 Å². The molecule has 1 heterocycles. The van der Waals surface area contributed by atoms with Gasteiger partial charge in [0, 0.05) is 13.1 Å². The van der Waals surface area contributed by atoms with Gasteiger partial charge >= 0.3 is 15.9 Å². The molecular formula is C8H6INO5S. The van der Waals surface area contributed by atoms with Gasteiger partial charge in [0.05, 0.1) is 10.4 Å². The Morgan fingerprint density at radius 3 is 2.75 bits per heavy atom. The number of nitrogens with zero attached hydrogens (tertiary/aromatic N) is 1. The van der Waals surface area contributed by atoms with E-state index >= 15 is 0 Å². The maximum Gasteiger partial charge on any atom is 0.419 e. The van der Waals surface area contributed by atoms with Crippen LogP contribution in [-0.4, -0.2) is 13.0 Å². The number of hydrogen-bond donors (Lipinski definition) is 0. The fraction of sp³-hybridized carbons (Fsp3) is 0.125. The van der Waals surface area contributed by atoms with Crippen LogP contribution in [0.25, 0.3) is 11.1 Å². The van der Waals surface area contributed by atoms with Gasteiger partial charge in [-0.05, 0) is 12.1 Å². The molecule has 0 atom stereocenters. The van der Waals surface area contributed by atoms with Crippen molar-refractivity contribution >= 4 is 44.2 Å². The molecule has 0 saturated heterocycles. The van der Waals surface area contributed by atoms with E-state index in [1.165, 1.54) is 52.8 Å². The van der Waals surface area contributed by atoms with Crippen molar-refractivity contribution in [2.45, 2.75) is 4.90 Å². The van der Waals surface area contributed by atoms with E-state index in [2.05, 4.69) is 2.51 Å². The minimum Gasteiger partial charge on any atom is -0.408 e. The van der Waals surface area contributed by atoms with Gasteiger partial charge in [-0.2, -0.15) is 10.9 Å². The highest BCUT2D eigenvalue weighted by Crippen LogP contribution is 2.20. The molecule has 86 valence electrons. The molecule has 0 radical (unpaired) electrons. The molecule has 0 spiro atoms. The molecule has 2 rings (SSSR count). The van der Waals surface area contributed by atoms with Crippen LogP contribution in [0.1, 0.15) is 0 Å². The van der Waals surface area contributed by atoms with Gasteiger partial charge in [0.2, 0.25) is 0 Å². The van der Waals surface area contributed by atoms with E-state index in [9.17, 15) is 13.2 Å². The van der Waals surface area contributed by atoms with Gasteiger partial charge in [-0.1, -0.05) is 0 Å². The van der Waals surface area contributed by atoms with Crippen LogP contribution in [0.5, 0.6) is 0 Å². The minimum atomic E-state index is -3.78. The van der Waals surface area contributed by atoms with E-state index in [1.807, 2.05) is 0 Å². The molecule has 0 N–H and O–H groups in total. The Kier molecular flexibility index (Phi) is 2.80. The van der Waals surface area contributed by atoms with Crippen molar-refractivity contribution in [1.29, 1.82) is 0 Å². The molecule has 0 unspecified atom stereocenters. The van der Waals surface area contributed by atoms with Crippen LogP contribution in [0.4, 0.5) is 0 Å². The molecule has 0 amide bonds. The van der Waals surface area contributed by atoms with Gasteiger partial charge in [-0.15, -0.1) is 0 Å². The molecule has 8 heteroatoms. The number of hydrogen-bond acceptors (Lipinski definition) is 5. The maximum atomic E-state index is 11.4. The second-order valence-corrected chi connectivity index (χ2v) is 5.66. The lowest BCUT2D eigenvalue weighted by atomic mass is 10.3. The summed E-state index contributed by atoms with van der Waals surface area (Å²) in [6, 6.07) is 4.10. The highest BCUT2D eigenvalue weighted by Gasteiger charge is 2.16. The molecule has 1 aromatic carbocycles. The number of aryl methyl sites for hydroxylation is 1. The third-order valence-electron chi connectivity index (χ3n) is 2.14. The van der Waals surface area contributed by atoms with Gasteiger partial charge in [0.1, 0.15) is 23.0 Å². The van der Waals surface area contributed by atoms with Gasteiger partial charge in [0.15, 0.2) is 5.58 Å². The zero-order chi connectivity index (χ0) is 11.9. The van der Waals surface area contributed by atoms with Crippen molar-refractivity contribution in [2.75, 3.05) is 0 Å². The highest BCUT2D eigenvalue weighted by atomic mass is 127. The Hall–Kier alpha value is -0.870. The van der Waals surface area contributed by atoms with E-state index in [-0.39, 0.29) is 10.5 Å². The Morgan fingerprint density at radius 2 is 2.12 bits per heavy atom. The number of oxazole rings is 1. The third kappa shape index (κ3) is 1.76. The van der Waals surface area contributed by atoms with Crippen LogP contribution < -0.4 is 5.76 Å². The normalized spacial score (nSPS) is 12.1. The second kappa shape index (κ2) is 3.86. The molecule has 0 aliphatic rings. The first kappa shape index (κ1) is 11.6. The quantitative estimate of drug-likeness (QED) is 0.757. The first-order valence-electron chi connectivity index (χ1n) is 4.10. The molecule has 0 saturated carbocycles. The number of halogens is 1. The van der Waals surface area contributed by atoms with Crippen LogP contribution in [0, 0.1) is 0 Å². The van der Waals surface area contributed by atoms with Gasteiger partial charge in [-0.3, -0.25) is 4.57 Å². The van der Waals surface area contributed by atoms with Crippen LogP contribution >= 0.6 is 23.0 Å². The van der Waals surface area contributed by atoms with Crippen LogP contribution in [0.15, 0.2) is 32.3 Å². The number of rotatable bonds is 2. The van der Waals surface area contributed by atoms with Gasteiger partial charge in [-0.25, -0.2) is 4.79 Å². The summed E-state index contributed by atoms with van der Waals surface area (Å²) in [6.07, 6.45) is 0. The smallest absolute Gasteiger partial charge is 0.408 e. The molecule has 2 aromatic rings. The van der Waals surface area contributed by atoms with Crippen molar-refractivity contribution in [3.63, 3.8) is 0 Å². The van der Waals surface area contributed by atoms with Crippen molar-refractivity contribution in [3.8, 4) is 0 Å². The average molecular weight is 355 g/mol. The van der Waals surface area contributed by atoms with Crippen molar-refractivity contribution in [1.82, 2.24) is 4.57 Å². The van der Waals surface area contributed by atoms with E-state index in [4.69, 9.17) is 4.42 Å². The third-order valence-corrected chi connectivity index (χ3v) is 4.55. The predicted molar refractivity (Wildman–Crippen MR) is 63.7 cm³/mol. The van der Waals surface area contributed by atoms with Crippen molar-refractivity contribution in [3.05, 3.63) is 28.7 Å². The van der Waals surface area contributed by atoms with Crippen LogP contribution in [-0.2, 0) is 19.7 Å². The van der Waals surface area contributed by atoms with Crippen molar-refractivity contribution < 1.29 is 15.3 Å². The zero-order valence-corrected chi connectivity index (χ0v) is 11.0. The standard InChI is InChI=1S/C8H6INO5S/c1-10-6-3-2-5(16(12,13)15-9)4-7(6)14-8(10)11/h2-4H,1H3. The lowest BCUT2D eigenvalue weighted by Gasteiger charge is -1.98. The summed E-state index contributed by atoms with van der Waals surface area (Å²) in [6.45, 7) is 0. The molecule has 0 bridgehead atoms. The van der Waals surface area contributed by atoms with Crippen LogP contribution in [0.3, 0.4) is 0 Å². The first-order valence-corrected chi connectivity index (χ1v) is 6.39. The Bertz CT molecular complexity index is 699. The number of aromatic nitrogens is 1. The van der Waals surface area contributed by atoms with Gasteiger partial charge in [0.25, 0.3) is 0 Å². The fourth-order valence-corrected chi connectivity index (χ4v) is 2.49. The summed E-state index contributed by atoms with van der Waals surface area (Å²) in [5.74, 6) is -0.542. The minimum absolute atomic E-state index is 0.0521. The lowest BCUT2D eigenvalue weighted by molar-refractivity contribution is 0.524. The molecule has 6 nitrogen and oxygen atoms in total. The van der Waals surface area contributed by atoms with E-state index in [0.717, 1.165) is 0 Å². The summed E-state index contributed by atoms with van der Waals surface area (Å²) in [7, 11) is -2.24. The Morgan fingerprint density at radius 1 is 1.44 bits per heavy atom. The summed E-state index contributed by atoms with van der Waals surface area (Å²) in [4.78, 5) is 11.1. The monoisotopic (exact) mass is 355 g/mol. The molecule has 1 aromatic heterocycles. The first-order chi connectivity index (χ1) is 7.45. The van der Waals surface area contributed by atoms with Crippen molar-refractivity contribution in [2.24, 2.45) is 7.05 Å². The Balaban J connectivity index is 2.76. The molecular weight excluding hydrogens is 349 g/mol. The Labute approximate surface area is 105 Å². The van der Waals surface area contributed by atoms with Gasteiger partial charge < -0.3 is 4.42 Å².